The predicted molar refractivity (Wildman–Crippen MR) is 105 cm³/mol. The van der Waals surface area contributed by atoms with Gasteiger partial charge in [0.05, 0.1) is 18.5 Å². The van der Waals surface area contributed by atoms with Crippen molar-refractivity contribution in [2.75, 3.05) is 32.7 Å². The molecule has 1 aliphatic rings. The molecular weight excluding hydrogens is 388 g/mol. The van der Waals surface area contributed by atoms with Crippen molar-refractivity contribution in [3.63, 3.8) is 0 Å². The Hall–Kier alpha value is -3.95. The lowest BCUT2D eigenvalue weighted by Crippen LogP contribution is -2.52. The van der Waals surface area contributed by atoms with Gasteiger partial charge in [-0.15, -0.1) is 0 Å². The Kier molecular flexibility index (Phi) is 5.55. The first-order valence-electron chi connectivity index (χ1n) is 9.46. The van der Waals surface area contributed by atoms with Crippen LogP contribution in [0, 0.1) is 0 Å². The summed E-state index contributed by atoms with van der Waals surface area (Å²) in [5.41, 5.74) is 1.85. The fourth-order valence-electron chi connectivity index (χ4n) is 3.19. The average Bonchev–Trinajstić information content (AvgIpc) is 3.50. The molecule has 0 saturated carbocycles. The van der Waals surface area contributed by atoms with Crippen LogP contribution < -0.4 is 5.32 Å². The molecule has 1 saturated heterocycles. The Labute approximate surface area is 171 Å². The molecule has 0 aliphatic carbocycles. The van der Waals surface area contributed by atoms with Crippen LogP contribution in [0.25, 0.3) is 11.3 Å². The van der Waals surface area contributed by atoms with Crippen molar-refractivity contribution in [2.24, 2.45) is 0 Å². The summed E-state index contributed by atoms with van der Waals surface area (Å²) in [6.45, 7) is 1.47. The van der Waals surface area contributed by atoms with Crippen molar-refractivity contribution in [1.29, 1.82) is 0 Å². The summed E-state index contributed by atoms with van der Waals surface area (Å²) < 4.78 is 4.99. The van der Waals surface area contributed by atoms with Crippen molar-refractivity contribution in [3.8, 4) is 11.3 Å². The molecular formula is C20H20N6O4. The Morgan fingerprint density at radius 2 is 1.90 bits per heavy atom. The summed E-state index contributed by atoms with van der Waals surface area (Å²) in [6, 6.07) is 8.50. The molecule has 4 rings (SSSR count). The first-order valence-corrected chi connectivity index (χ1v) is 9.46. The predicted octanol–water partition coefficient (Wildman–Crippen LogP) is 0.779. The minimum absolute atomic E-state index is 0.123. The number of rotatable bonds is 5. The van der Waals surface area contributed by atoms with E-state index in [1.807, 2.05) is 6.07 Å². The summed E-state index contributed by atoms with van der Waals surface area (Å²) in [6.07, 6.45) is 4.75. The fraction of sp³-hybridized carbons (Fsp3) is 0.250. The quantitative estimate of drug-likeness (QED) is 0.643. The topological polar surface area (TPSA) is 124 Å². The third-order valence-electron chi connectivity index (χ3n) is 4.83. The Bertz CT molecular complexity index is 1020. The minimum atomic E-state index is -0.439. The maximum absolute atomic E-state index is 12.7. The van der Waals surface area contributed by atoms with E-state index in [4.69, 9.17) is 4.42 Å². The van der Waals surface area contributed by atoms with Crippen LogP contribution in [0.4, 0.5) is 0 Å². The molecule has 0 spiro atoms. The molecule has 10 nitrogen and oxygen atoms in total. The number of H-pyrrole nitrogens is 1. The van der Waals surface area contributed by atoms with Gasteiger partial charge in [-0.25, -0.2) is 0 Å². The SMILES string of the molecule is O=C(NCC(=O)N1CCN(C(=O)c2cc(-c3cccnc3)n[nH]2)CC1)c1ccco1. The Morgan fingerprint density at radius 1 is 1.10 bits per heavy atom. The highest BCUT2D eigenvalue weighted by atomic mass is 16.3. The van der Waals surface area contributed by atoms with E-state index in [0.29, 0.717) is 37.6 Å². The van der Waals surface area contributed by atoms with Gasteiger partial charge >= 0.3 is 0 Å². The standard InChI is InChI=1S/C20H20N6O4/c27-18(13-22-19(28)17-4-2-10-30-17)25-6-8-26(9-7-25)20(29)16-11-15(23-24-16)14-3-1-5-21-12-14/h1-5,10-12H,6-9,13H2,(H,22,28)(H,23,24). The molecule has 0 radical (unpaired) electrons. The highest BCUT2D eigenvalue weighted by Crippen LogP contribution is 2.17. The molecule has 0 atom stereocenters. The molecule has 4 heterocycles. The lowest BCUT2D eigenvalue weighted by Gasteiger charge is -2.34. The number of carbonyl (C=O) groups is 3. The lowest BCUT2D eigenvalue weighted by molar-refractivity contribution is -0.131. The number of amides is 3. The van der Waals surface area contributed by atoms with Crippen LogP contribution >= 0.6 is 0 Å². The number of pyridine rings is 1. The monoisotopic (exact) mass is 408 g/mol. The van der Waals surface area contributed by atoms with Gasteiger partial charge in [0.25, 0.3) is 11.8 Å². The molecule has 3 amide bonds. The summed E-state index contributed by atoms with van der Waals surface area (Å²) in [5, 5.41) is 9.50. The van der Waals surface area contributed by atoms with Gasteiger partial charge in [-0.3, -0.25) is 24.5 Å². The van der Waals surface area contributed by atoms with E-state index in [0.717, 1.165) is 5.56 Å². The average molecular weight is 408 g/mol. The van der Waals surface area contributed by atoms with Crippen molar-refractivity contribution in [1.82, 2.24) is 30.3 Å². The van der Waals surface area contributed by atoms with Gasteiger partial charge in [0, 0.05) is 44.1 Å². The second kappa shape index (κ2) is 8.60. The Balaban J connectivity index is 1.28. The molecule has 154 valence electrons. The van der Waals surface area contributed by atoms with Crippen LogP contribution in [0.15, 0.2) is 53.4 Å². The smallest absolute Gasteiger partial charge is 0.287 e. The van der Waals surface area contributed by atoms with E-state index in [-0.39, 0.29) is 24.1 Å². The molecule has 0 unspecified atom stereocenters. The zero-order valence-electron chi connectivity index (χ0n) is 16.1. The van der Waals surface area contributed by atoms with Gasteiger partial charge in [0.1, 0.15) is 5.69 Å². The number of aromatic amines is 1. The van der Waals surface area contributed by atoms with Crippen molar-refractivity contribution < 1.29 is 18.8 Å². The van der Waals surface area contributed by atoms with Crippen LogP contribution in [0.3, 0.4) is 0 Å². The molecule has 30 heavy (non-hydrogen) atoms. The highest BCUT2D eigenvalue weighted by Gasteiger charge is 2.26. The fourth-order valence-corrected chi connectivity index (χ4v) is 3.19. The molecule has 1 fully saturated rings. The van der Waals surface area contributed by atoms with Crippen molar-refractivity contribution in [3.05, 3.63) is 60.4 Å². The Morgan fingerprint density at radius 3 is 2.60 bits per heavy atom. The second-order valence-electron chi connectivity index (χ2n) is 6.74. The number of hydrogen-bond donors (Lipinski definition) is 2. The van der Waals surface area contributed by atoms with Crippen molar-refractivity contribution >= 4 is 17.7 Å². The van der Waals surface area contributed by atoms with Crippen LogP contribution in [-0.2, 0) is 4.79 Å². The summed E-state index contributed by atoms with van der Waals surface area (Å²) >= 11 is 0. The molecule has 0 bridgehead atoms. The number of piperazine rings is 1. The van der Waals surface area contributed by atoms with Gasteiger partial charge in [0.15, 0.2) is 5.76 Å². The van der Waals surface area contributed by atoms with E-state index >= 15 is 0 Å². The molecule has 0 aromatic carbocycles. The summed E-state index contributed by atoms with van der Waals surface area (Å²) in [5.74, 6) is -0.660. The molecule has 1 aliphatic heterocycles. The number of aromatic nitrogens is 3. The molecule has 3 aromatic rings. The van der Waals surface area contributed by atoms with Crippen LogP contribution in [0.5, 0.6) is 0 Å². The first kappa shape index (κ1) is 19.4. The van der Waals surface area contributed by atoms with E-state index in [1.165, 1.54) is 12.3 Å². The minimum Gasteiger partial charge on any atom is -0.459 e. The maximum Gasteiger partial charge on any atom is 0.287 e. The van der Waals surface area contributed by atoms with Crippen molar-refractivity contribution in [2.45, 2.75) is 0 Å². The second-order valence-corrected chi connectivity index (χ2v) is 6.74. The number of carbonyl (C=O) groups excluding carboxylic acids is 3. The zero-order valence-corrected chi connectivity index (χ0v) is 16.1. The van der Waals surface area contributed by atoms with E-state index in [1.54, 1.807) is 40.4 Å². The van der Waals surface area contributed by atoms with Crippen LogP contribution in [-0.4, -0.2) is 75.4 Å². The third-order valence-corrected chi connectivity index (χ3v) is 4.83. The van der Waals surface area contributed by atoms with E-state index in [2.05, 4.69) is 20.5 Å². The number of furan rings is 1. The molecule has 10 heteroatoms. The van der Waals surface area contributed by atoms with Gasteiger partial charge < -0.3 is 19.5 Å². The van der Waals surface area contributed by atoms with Crippen LogP contribution in [0.1, 0.15) is 21.0 Å². The summed E-state index contributed by atoms with van der Waals surface area (Å²) in [7, 11) is 0. The highest BCUT2D eigenvalue weighted by molar-refractivity contribution is 5.95. The zero-order chi connectivity index (χ0) is 20.9. The largest absolute Gasteiger partial charge is 0.459 e. The normalized spacial score (nSPS) is 13.9. The van der Waals surface area contributed by atoms with E-state index < -0.39 is 5.91 Å². The van der Waals surface area contributed by atoms with Crippen LogP contribution in [0.2, 0.25) is 0 Å². The van der Waals surface area contributed by atoms with Gasteiger partial charge in [-0.2, -0.15) is 5.10 Å². The van der Waals surface area contributed by atoms with Gasteiger partial charge in [-0.05, 0) is 30.3 Å². The van der Waals surface area contributed by atoms with Gasteiger partial charge in [-0.1, -0.05) is 0 Å². The number of nitrogens with zero attached hydrogens (tertiary/aromatic N) is 4. The molecule has 3 aromatic heterocycles. The number of nitrogens with one attached hydrogen (secondary N) is 2. The van der Waals surface area contributed by atoms with Gasteiger partial charge in [0.2, 0.25) is 5.91 Å². The van der Waals surface area contributed by atoms with E-state index in [9.17, 15) is 14.4 Å². The maximum atomic E-state index is 12.7. The molecule has 2 N–H and O–H groups in total. The third kappa shape index (κ3) is 4.22. The summed E-state index contributed by atoms with van der Waals surface area (Å²) in [4.78, 5) is 44.3. The number of hydrogen-bond acceptors (Lipinski definition) is 6. The first-order chi connectivity index (χ1) is 14.6. The lowest BCUT2D eigenvalue weighted by atomic mass is 10.2.